The summed E-state index contributed by atoms with van der Waals surface area (Å²) < 4.78 is 1.51. The number of nitrogens with zero attached hydrogens (tertiary/aromatic N) is 3. The van der Waals surface area contributed by atoms with Crippen LogP contribution in [-0.4, -0.2) is 51.0 Å². The quantitative estimate of drug-likeness (QED) is 0.750. The molecule has 2 atom stereocenters. The highest BCUT2D eigenvalue weighted by Gasteiger charge is 2.47. The number of likely N-dealkylation sites (N-methyl/N-ethyl adjacent to an activating group) is 1. The van der Waals surface area contributed by atoms with Crippen molar-refractivity contribution in [3.05, 3.63) is 52.8 Å². The van der Waals surface area contributed by atoms with Crippen molar-refractivity contribution in [2.75, 3.05) is 7.05 Å². The van der Waals surface area contributed by atoms with Crippen molar-refractivity contribution in [1.29, 1.82) is 0 Å². The van der Waals surface area contributed by atoms with E-state index in [2.05, 4.69) is 27.9 Å². The van der Waals surface area contributed by atoms with Crippen molar-refractivity contribution in [3.63, 3.8) is 0 Å². The summed E-state index contributed by atoms with van der Waals surface area (Å²) in [6, 6.07) is 9.81. The molecule has 174 valence electrons. The molecule has 2 heterocycles. The van der Waals surface area contributed by atoms with Crippen molar-refractivity contribution >= 4 is 17.7 Å². The van der Waals surface area contributed by atoms with E-state index in [-0.39, 0.29) is 42.0 Å². The number of hydrogen-bond donors (Lipinski definition) is 2. The Labute approximate surface area is 193 Å². The molecule has 8 heteroatoms. The Hall–Kier alpha value is -3.16. The smallest absolute Gasteiger partial charge is 0.272 e. The molecule has 1 aliphatic heterocycles. The minimum Gasteiger partial charge on any atom is -0.351 e. The number of nitrogens with one attached hydrogen (secondary N) is 2. The summed E-state index contributed by atoms with van der Waals surface area (Å²) >= 11 is 0. The maximum atomic E-state index is 13.1. The normalized spacial score (nSPS) is 24.8. The predicted molar refractivity (Wildman–Crippen MR) is 123 cm³/mol. The topological polar surface area (TPSA) is 96.3 Å². The molecule has 2 unspecified atom stereocenters. The lowest BCUT2D eigenvalue weighted by atomic mass is 9.87. The van der Waals surface area contributed by atoms with Crippen LogP contribution in [0, 0.1) is 0 Å². The fourth-order valence-corrected chi connectivity index (χ4v) is 5.39. The van der Waals surface area contributed by atoms with Crippen molar-refractivity contribution in [2.45, 2.75) is 76.0 Å². The van der Waals surface area contributed by atoms with Crippen LogP contribution in [0.5, 0.6) is 0 Å². The summed E-state index contributed by atoms with van der Waals surface area (Å²) in [5, 5.41) is 10.7. The average molecular weight is 450 g/mol. The zero-order chi connectivity index (χ0) is 23.2. The van der Waals surface area contributed by atoms with Crippen LogP contribution in [0.15, 0.2) is 30.3 Å². The highest BCUT2D eigenvalue weighted by Crippen LogP contribution is 2.31. The van der Waals surface area contributed by atoms with Gasteiger partial charge in [-0.2, -0.15) is 5.10 Å². The Bertz CT molecular complexity index is 1100. The van der Waals surface area contributed by atoms with Gasteiger partial charge in [0.15, 0.2) is 5.69 Å². The Morgan fingerprint density at radius 1 is 1.09 bits per heavy atom. The predicted octanol–water partition coefficient (Wildman–Crippen LogP) is 2.59. The van der Waals surface area contributed by atoms with Gasteiger partial charge in [-0.1, -0.05) is 37.1 Å². The Morgan fingerprint density at radius 2 is 1.85 bits per heavy atom. The molecule has 1 aromatic carbocycles. The van der Waals surface area contributed by atoms with E-state index >= 15 is 0 Å². The summed E-state index contributed by atoms with van der Waals surface area (Å²) in [5.41, 5.74) is 1.88. The van der Waals surface area contributed by atoms with Crippen molar-refractivity contribution in [3.8, 4) is 0 Å². The van der Waals surface area contributed by atoms with Gasteiger partial charge in [0, 0.05) is 19.2 Å². The number of aryl methyl sites for hydroxylation is 1. The number of carbonyl (C=O) groups excluding carboxylic acids is 3. The summed E-state index contributed by atoms with van der Waals surface area (Å²) in [4.78, 5) is 40.8. The van der Waals surface area contributed by atoms with Gasteiger partial charge in [-0.15, -0.1) is 0 Å². The Kier molecular flexibility index (Phi) is 5.46. The first kappa shape index (κ1) is 21.7. The molecule has 0 bridgehead atoms. The summed E-state index contributed by atoms with van der Waals surface area (Å²) in [5.74, 6) is -0.776. The third-order valence-electron chi connectivity index (χ3n) is 7.59. The first-order valence-corrected chi connectivity index (χ1v) is 11.9. The van der Waals surface area contributed by atoms with Gasteiger partial charge < -0.3 is 15.5 Å². The number of carbonyl (C=O) groups is 3. The molecule has 1 aromatic heterocycles. The molecule has 0 saturated heterocycles. The van der Waals surface area contributed by atoms with Crippen LogP contribution in [0.2, 0.25) is 0 Å². The van der Waals surface area contributed by atoms with Gasteiger partial charge in [-0.25, -0.2) is 0 Å². The summed E-state index contributed by atoms with van der Waals surface area (Å²) in [7, 11) is 1.64. The highest BCUT2D eigenvalue weighted by molar-refractivity contribution is 6.01. The zero-order valence-corrected chi connectivity index (χ0v) is 19.3. The fourth-order valence-electron chi connectivity index (χ4n) is 5.39. The lowest BCUT2D eigenvalue weighted by Crippen LogP contribution is -2.63. The van der Waals surface area contributed by atoms with Crippen LogP contribution in [0.1, 0.15) is 83.6 Å². The largest absolute Gasteiger partial charge is 0.351 e. The van der Waals surface area contributed by atoms with Gasteiger partial charge in [-0.3, -0.25) is 19.1 Å². The molecule has 0 radical (unpaired) electrons. The summed E-state index contributed by atoms with van der Waals surface area (Å²) in [6.07, 6.45) is 7.08. The number of amides is 3. The SMILES string of the molecule is CN1C(=O)c2cc(C(=O)NC3CCCc4ccccc43)nn2CC1(C)C(=O)NC1CCCC1. The van der Waals surface area contributed by atoms with Gasteiger partial charge >= 0.3 is 0 Å². The standard InChI is InChI=1S/C25H31N5O3/c1-25(24(33)26-17-10-4-5-11-17)15-30-21(23(32)29(25)2)14-20(28-30)22(31)27-19-13-7-9-16-8-3-6-12-18(16)19/h3,6,8,12,14,17,19H,4-5,7,9-11,13,15H2,1-2H3,(H,26,33)(H,27,31). The molecule has 1 fully saturated rings. The molecular weight excluding hydrogens is 418 g/mol. The number of benzene rings is 1. The lowest BCUT2D eigenvalue weighted by Gasteiger charge is -2.41. The third-order valence-corrected chi connectivity index (χ3v) is 7.59. The maximum Gasteiger partial charge on any atom is 0.272 e. The monoisotopic (exact) mass is 449 g/mol. The van der Waals surface area contributed by atoms with Crippen LogP contribution < -0.4 is 10.6 Å². The van der Waals surface area contributed by atoms with E-state index in [1.54, 1.807) is 14.0 Å². The molecular formula is C25H31N5O3. The number of hydrogen-bond acceptors (Lipinski definition) is 4. The molecule has 2 aromatic rings. The maximum absolute atomic E-state index is 13.1. The minimum atomic E-state index is -1.06. The van der Waals surface area contributed by atoms with Crippen molar-refractivity contribution in [1.82, 2.24) is 25.3 Å². The van der Waals surface area contributed by atoms with Crippen molar-refractivity contribution in [2.24, 2.45) is 0 Å². The minimum absolute atomic E-state index is 0.0676. The molecule has 3 aliphatic rings. The van der Waals surface area contributed by atoms with E-state index in [9.17, 15) is 14.4 Å². The van der Waals surface area contributed by atoms with Gasteiger partial charge in [0.1, 0.15) is 11.2 Å². The molecule has 33 heavy (non-hydrogen) atoms. The molecule has 2 aliphatic carbocycles. The van der Waals surface area contributed by atoms with Crippen molar-refractivity contribution < 1.29 is 14.4 Å². The molecule has 3 amide bonds. The first-order chi connectivity index (χ1) is 15.9. The van der Waals surface area contributed by atoms with Crippen LogP contribution in [0.3, 0.4) is 0 Å². The molecule has 1 saturated carbocycles. The Morgan fingerprint density at radius 3 is 2.64 bits per heavy atom. The molecule has 0 spiro atoms. The van der Waals surface area contributed by atoms with Crippen LogP contribution >= 0.6 is 0 Å². The highest BCUT2D eigenvalue weighted by atomic mass is 16.2. The second-order valence-corrected chi connectivity index (χ2v) is 9.78. The van der Waals surface area contributed by atoms with E-state index in [1.165, 1.54) is 21.2 Å². The molecule has 8 nitrogen and oxygen atoms in total. The van der Waals surface area contributed by atoms with Crippen LogP contribution in [-0.2, 0) is 17.8 Å². The van der Waals surface area contributed by atoms with Gasteiger partial charge in [0.25, 0.3) is 11.8 Å². The van der Waals surface area contributed by atoms with Crippen LogP contribution in [0.25, 0.3) is 0 Å². The zero-order valence-electron chi connectivity index (χ0n) is 19.3. The third kappa shape index (κ3) is 3.81. The van der Waals surface area contributed by atoms with E-state index < -0.39 is 5.54 Å². The number of rotatable bonds is 4. The molecule has 2 N–H and O–H groups in total. The van der Waals surface area contributed by atoms with Gasteiger partial charge in [0.2, 0.25) is 5.91 Å². The molecule has 5 rings (SSSR count). The summed E-state index contributed by atoms with van der Waals surface area (Å²) in [6.45, 7) is 1.97. The second-order valence-electron chi connectivity index (χ2n) is 9.78. The van der Waals surface area contributed by atoms with Gasteiger partial charge in [-0.05, 0) is 50.2 Å². The van der Waals surface area contributed by atoms with E-state index in [1.807, 2.05) is 12.1 Å². The van der Waals surface area contributed by atoms with Crippen LogP contribution in [0.4, 0.5) is 0 Å². The van der Waals surface area contributed by atoms with E-state index in [0.717, 1.165) is 50.5 Å². The number of fused-ring (bicyclic) bond motifs is 2. The van der Waals surface area contributed by atoms with Gasteiger partial charge in [0.05, 0.1) is 12.6 Å². The average Bonchev–Trinajstić information content (AvgIpc) is 3.48. The fraction of sp³-hybridized carbons (Fsp3) is 0.520. The number of aromatic nitrogens is 2. The second kappa shape index (κ2) is 8.32. The Balaban J connectivity index is 1.35. The van der Waals surface area contributed by atoms with E-state index in [4.69, 9.17) is 0 Å². The lowest BCUT2D eigenvalue weighted by molar-refractivity contribution is -0.133. The van der Waals surface area contributed by atoms with E-state index in [0.29, 0.717) is 5.69 Å². The first-order valence-electron chi connectivity index (χ1n) is 11.9.